The minimum Gasteiger partial charge on any atom is -0.341 e. The third-order valence-electron chi connectivity index (χ3n) is 3.04. The molecule has 21 heavy (non-hydrogen) atoms. The summed E-state index contributed by atoms with van der Waals surface area (Å²) in [6.45, 7) is 1.12. The van der Waals surface area contributed by atoms with Gasteiger partial charge in [-0.15, -0.1) is 17.3 Å². The first-order valence-corrected chi connectivity index (χ1v) is 7.64. The average Bonchev–Trinajstić information content (AvgIpc) is 2.36. The first-order chi connectivity index (χ1) is 9.40. The van der Waals surface area contributed by atoms with Crippen molar-refractivity contribution in [3.63, 3.8) is 0 Å². The summed E-state index contributed by atoms with van der Waals surface area (Å²) in [4.78, 5) is 13.3. The molecule has 1 radical (unpaired) electrons. The second-order valence-electron chi connectivity index (χ2n) is 4.59. The molecule has 1 aromatic carbocycles. The van der Waals surface area contributed by atoms with Gasteiger partial charge in [0.2, 0.25) is 5.91 Å². The predicted octanol–water partition coefficient (Wildman–Crippen LogP) is 4.49. The smallest absolute Gasteiger partial charge is 0.256 e. The maximum absolute atomic E-state index is 12.7. The van der Waals surface area contributed by atoms with Gasteiger partial charge in [0.25, 0.3) is 6.43 Å². The van der Waals surface area contributed by atoms with Crippen LogP contribution in [0.2, 0.25) is 0 Å². The fourth-order valence-corrected chi connectivity index (χ4v) is 3.29. The molecule has 0 saturated carbocycles. The SMILES string of the molecule is CC1C[C-]=C(c2ccc(Br)cc2Br)N(CC(F)F)C1=O.[Y]. The third-order valence-corrected chi connectivity index (χ3v) is 4.19. The maximum atomic E-state index is 12.7. The topological polar surface area (TPSA) is 20.3 Å². The molecule has 1 amide bonds. The molecule has 0 aliphatic carbocycles. The van der Waals surface area contributed by atoms with Crippen molar-refractivity contribution in [3.05, 3.63) is 38.8 Å². The Hall–Kier alpha value is 0.354. The summed E-state index contributed by atoms with van der Waals surface area (Å²) >= 11 is 6.73. The largest absolute Gasteiger partial charge is 0.341 e. The van der Waals surface area contributed by atoms with E-state index in [1.165, 1.54) is 0 Å². The summed E-state index contributed by atoms with van der Waals surface area (Å²) in [5, 5.41) is 0. The van der Waals surface area contributed by atoms with Gasteiger partial charge in [-0.3, -0.25) is 4.79 Å². The number of hydrogen-bond donors (Lipinski definition) is 0. The number of amides is 1. The molecule has 0 saturated heterocycles. The van der Waals surface area contributed by atoms with Crippen LogP contribution in [0.3, 0.4) is 0 Å². The van der Waals surface area contributed by atoms with Crippen LogP contribution in [0.1, 0.15) is 18.9 Å². The summed E-state index contributed by atoms with van der Waals surface area (Å²) < 4.78 is 27.0. The Balaban J connectivity index is 0.00000220. The van der Waals surface area contributed by atoms with Gasteiger partial charge in [-0.1, -0.05) is 61.8 Å². The Kier molecular flexibility index (Phi) is 7.64. The molecule has 111 valence electrons. The van der Waals surface area contributed by atoms with Crippen LogP contribution in [0.15, 0.2) is 27.1 Å². The van der Waals surface area contributed by atoms with Crippen LogP contribution in [0, 0.1) is 12.0 Å². The molecule has 0 aromatic heterocycles. The molecular weight excluding hydrogens is 485 g/mol. The van der Waals surface area contributed by atoms with Crippen LogP contribution >= 0.6 is 31.9 Å². The molecule has 1 aliphatic heterocycles. The molecule has 2 nitrogen and oxygen atoms in total. The zero-order chi connectivity index (χ0) is 14.9. The number of nitrogens with zero attached hydrogens (tertiary/aromatic N) is 1. The zero-order valence-electron chi connectivity index (χ0n) is 11.2. The van der Waals surface area contributed by atoms with Crippen molar-refractivity contribution >= 4 is 43.5 Å². The summed E-state index contributed by atoms with van der Waals surface area (Å²) in [5.41, 5.74) is 1.11. The van der Waals surface area contributed by atoms with Gasteiger partial charge in [-0.25, -0.2) is 14.9 Å². The van der Waals surface area contributed by atoms with Crippen molar-refractivity contribution in [2.75, 3.05) is 6.54 Å². The van der Waals surface area contributed by atoms with Gasteiger partial charge in [0.05, 0.1) is 6.54 Å². The second-order valence-corrected chi connectivity index (χ2v) is 6.36. The van der Waals surface area contributed by atoms with Gasteiger partial charge in [0.1, 0.15) is 0 Å². The van der Waals surface area contributed by atoms with Gasteiger partial charge in [0.15, 0.2) is 0 Å². The molecular formula is C14H12Br2F2NOY-. The molecule has 0 N–H and O–H groups in total. The van der Waals surface area contributed by atoms with Crippen LogP contribution < -0.4 is 0 Å². The Labute approximate surface area is 164 Å². The van der Waals surface area contributed by atoms with Gasteiger partial charge >= 0.3 is 0 Å². The van der Waals surface area contributed by atoms with Crippen LogP contribution in [0.5, 0.6) is 0 Å². The molecule has 1 heterocycles. The summed E-state index contributed by atoms with van der Waals surface area (Å²) in [5.74, 6) is -0.597. The summed E-state index contributed by atoms with van der Waals surface area (Å²) in [7, 11) is 0. The van der Waals surface area contributed by atoms with Crippen molar-refractivity contribution in [2.45, 2.75) is 19.8 Å². The summed E-state index contributed by atoms with van der Waals surface area (Å²) in [6.07, 6.45) is 0.941. The van der Waals surface area contributed by atoms with Crippen LogP contribution in [0.4, 0.5) is 8.78 Å². The van der Waals surface area contributed by atoms with E-state index in [2.05, 4.69) is 37.9 Å². The number of hydrogen-bond acceptors (Lipinski definition) is 1. The fourth-order valence-electron chi connectivity index (χ4n) is 2.05. The van der Waals surface area contributed by atoms with E-state index in [1.54, 1.807) is 19.1 Å². The van der Waals surface area contributed by atoms with Crippen molar-refractivity contribution in [3.8, 4) is 0 Å². The number of carbonyl (C=O) groups excluding carboxylic acids is 1. The second kappa shape index (κ2) is 8.27. The molecule has 0 bridgehead atoms. The maximum Gasteiger partial charge on any atom is 0.256 e. The van der Waals surface area contributed by atoms with Crippen LogP contribution in [0.25, 0.3) is 5.70 Å². The Morgan fingerprint density at radius 2 is 2.10 bits per heavy atom. The minimum absolute atomic E-state index is 0. The molecule has 1 unspecified atom stereocenters. The van der Waals surface area contributed by atoms with E-state index >= 15 is 0 Å². The van der Waals surface area contributed by atoms with Gasteiger partial charge in [0, 0.05) is 43.1 Å². The number of rotatable bonds is 3. The molecule has 2 rings (SSSR count). The average molecular weight is 497 g/mol. The van der Waals surface area contributed by atoms with E-state index in [9.17, 15) is 13.6 Å². The molecule has 7 heteroatoms. The number of carbonyl (C=O) groups is 1. The standard InChI is InChI=1S/C14H12Br2F2NO.Y/c1-8-2-5-12(19(14(8)20)7-13(17)18)10-4-3-9(15)6-11(10)16;/h3-4,6,8,13H,2,7H2,1H3;/q-1;. The van der Waals surface area contributed by atoms with Gasteiger partial charge in [-0.2, -0.15) is 0 Å². The molecule has 0 spiro atoms. The van der Waals surface area contributed by atoms with Crippen molar-refractivity contribution in [2.24, 2.45) is 5.92 Å². The molecule has 1 atom stereocenters. The van der Waals surface area contributed by atoms with E-state index in [-0.39, 0.29) is 44.5 Å². The predicted molar refractivity (Wildman–Crippen MR) is 80.0 cm³/mol. The summed E-state index contributed by atoms with van der Waals surface area (Å²) in [6, 6.07) is 5.39. The van der Waals surface area contributed by atoms with Crippen LogP contribution in [-0.4, -0.2) is 23.8 Å². The number of alkyl halides is 2. The quantitative estimate of drug-likeness (QED) is 0.565. The number of benzene rings is 1. The van der Waals surface area contributed by atoms with Crippen molar-refractivity contribution in [1.82, 2.24) is 4.90 Å². The van der Waals surface area contributed by atoms with E-state index in [0.717, 1.165) is 13.8 Å². The fraction of sp³-hybridized carbons (Fsp3) is 0.357. The van der Waals surface area contributed by atoms with E-state index < -0.39 is 13.0 Å². The minimum atomic E-state index is -2.57. The third kappa shape index (κ3) is 4.66. The van der Waals surface area contributed by atoms with E-state index in [0.29, 0.717) is 17.7 Å². The first-order valence-electron chi connectivity index (χ1n) is 6.06. The normalized spacial score (nSPS) is 18.6. The van der Waals surface area contributed by atoms with Crippen molar-refractivity contribution in [1.29, 1.82) is 0 Å². The zero-order valence-corrected chi connectivity index (χ0v) is 17.3. The van der Waals surface area contributed by atoms with E-state index in [4.69, 9.17) is 0 Å². The Bertz CT molecular complexity index is 566. The van der Waals surface area contributed by atoms with E-state index in [1.807, 2.05) is 6.07 Å². The molecule has 1 aliphatic rings. The Morgan fingerprint density at radius 1 is 1.43 bits per heavy atom. The number of allylic oxidation sites excluding steroid dienone is 1. The van der Waals surface area contributed by atoms with Crippen LogP contribution in [-0.2, 0) is 37.5 Å². The molecule has 1 aromatic rings. The number of halogens is 4. The van der Waals surface area contributed by atoms with Gasteiger partial charge < -0.3 is 4.90 Å². The first kappa shape index (κ1) is 19.4. The van der Waals surface area contributed by atoms with Gasteiger partial charge in [-0.05, 0) is 0 Å². The monoisotopic (exact) mass is 495 g/mol. The molecule has 0 fully saturated rings. The van der Waals surface area contributed by atoms with Crippen molar-refractivity contribution < 1.29 is 46.3 Å². The Morgan fingerprint density at radius 3 is 2.67 bits per heavy atom.